The lowest BCUT2D eigenvalue weighted by Crippen LogP contribution is -2.53. The van der Waals surface area contributed by atoms with Crippen LogP contribution >= 0.6 is 0 Å². The van der Waals surface area contributed by atoms with E-state index in [2.05, 4.69) is 11.9 Å². The number of hydrogen-bond acceptors (Lipinski definition) is 4. The Balaban J connectivity index is 2.55. The monoisotopic (exact) mass is 285 g/mol. The Morgan fingerprint density at radius 1 is 1.50 bits per heavy atom. The number of carbonyl (C=O) groups excluding carboxylic acids is 1. The Labute approximate surface area is 119 Å². The van der Waals surface area contributed by atoms with Crippen LogP contribution in [0.25, 0.3) is 0 Å². The normalized spacial score (nSPS) is 17.9. The molecule has 20 heavy (non-hydrogen) atoms. The SMILES string of the molecule is C=CCOCC(NC(=O)C1(CCOC)CCC1)C(=O)O. The highest BCUT2D eigenvalue weighted by Crippen LogP contribution is 2.44. The zero-order chi connectivity index (χ0) is 15.0. The van der Waals surface area contributed by atoms with Crippen molar-refractivity contribution in [3.63, 3.8) is 0 Å². The number of amides is 1. The summed E-state index contributed by atoms with van der Waals surface area (Å²) in [7, 11) is 1.59. The first-order valence-corrected chi connectivity index (χ1v) is 6.77. The molecule has 0 saturated heterocycles. The van der Waals surface area contributed by atoms with E-state index in [9.17, 15) is 9.59 Å². The van der Waals surface area contributed by atoms with Crippen molar-refractivity contribution < 1.29 is 24.2 Å². The summed E-state index contributed by atoms with van der Waals surface area (Å²) >= 11 is 0. The molecule has 6 nitrogen and oxygen atoms in total. The predicted octanol–water partition coefficient (Wildman–Crippen LogP) is 0.965. The first-order chi connectivity index (χ1) is 9.55. The van der Waals surface area contributed by atoms with Gasteiger partial charge in [-0.3, -0.25) is 4.79 Å². The van der Waals surface area contributed by atoms with Crippen molar-refractivity contribution in [3.05, 3.63) is 12.7 Å². The van der Waals surface area contributed by atoms with Crippen molar-refractivity contribution in [2.24, 2.45) is 5.41 Å². The number of rotatable bonds is 10. The maximum atomic E-state index is 12.3. The third kappa shape index (κ3) is 4.31. The van der Waals surface area contributed by atoms with Gasteiger partial charge in [0.1, 0.15) is 0 Å². The van der Waals surface area contributed by atoms with E-state index in [1.165, 1.54) is 6.08 Å². The van der Waals surface area contributed by atoms with Crippen molar-refractivity contribution in [3.8, 4) is 0 Å². The van der Waals surface area contributed by atoms with Crippen LogP contribution < -0.4 is 5.32 Å². The number of methoxy groups -OCH3 is 1. The molecule has 0 spiro atoms. The van der Waals surface area contributed by atoms with E-state index in [0.29, 0.717) is 13.0 Å². The van der Waals surface area contributed by atoms with Gasteiger partial charge in [-0.25, -0.2) is 4.79 Å². The van der Waals surface area contributed by atoms with E-state index in [1.54, 1.807) is 7.11 Å². The summed E-state index contributed by atoms with van der Waals surface area (Å²) in [4.78, 5) is 23.4. The van der Waals surface area contributed by atoms with E-state index < -0.39 is 17.4 Å². The smallest absolute Gasteiger partial charge is 0.328 e. The molecule has 0 aromatic heterocycles. The average Bonchev–Trinajstić information content (AvgIpc) is 2.36. The zero-order valence-electron chi connectivity index (χ0n) is 11.9. The van der Waals surface area contributed by atoms with E-state index in [1.807, 2.05) is 0 Å². The van der Waals surface area contributed by atoms with Gasteiger partial charge in [-0.15, -0.1) is 6.58 Å². The average molecular weight is 285 g/mol. The third-order valence-electron chi connectivity index (χ3n) is 3.70. The van der Waals surface area contributed by atoms with E-state index in [-0.39, 0.29) is 19.1 Å². The second-order valence-electron chi connectivity index (χ2n) is 5.07. The summed E-state index contributed by atoms with van der Waals surface area (Å²) in [6.07, 6.45) is 4.70. The number of aliphatic carboxylic acids is 1. The van der Waals surface area contributed by atoms with Crippen LogP contribution in [0.2, 0.25) is 0 Å². The maximum Gasteiger partial charge on any atom is 0.328 e. The molecule has 0 aliphatic heterocycles. The molecule has 0 heterocycles. The molecule has 1 amide bonds. The first kappa shape index (κ1) is 16.7. The standard InChI is InChI=1S/C14H23NO5/c1-3-8-20-10-11(12(16)17)15-13(18)14(5-4-6-14)7-9-19-2/h3,11H,1,4-10H2,2H3,(H,15,18)(H,16,17). The summed E-state index contributed by atoms with van der Waals surface area (Å²) < 4.78 is 10.1. The zero-order valence-corrected chi connectivity index (χ0v) is 11.9. The Morgan fingerprint density at radius 3 is 2.65 bits per heavy atom. The molecule has 0 bridgehead atoms. The molecular weight excluding hydrogens is 262 g/mol. The van der Waals surface area contributed by atoms with Crippen LogP contribution in [-0.2, 0) is 19.1 Å². The van der Waals surface area contributed by atoms with Gasteiger partial charge in [-0.1, -0.05) is 12.5 Å². The molecule has 0 aromatic rings. The van der Waals surface area contributed by atoms with Gasteiger partial charge in [-0.05, 0) is 19.3 Å². The Morgan fingerprint density at radius 2 is 2.20 bits per heavy atom. The molecule has 1 aliphatic carbocycles. The number of carbonyl (C=O) groups is 2. The largest absolute Gasteiger partial charge is 0.480 e. The van der Waals surface area contributed by atoms with Gasteiger partial charge in [-0.2, -0.15) is 0 Å². The molecule has 1 atom stereocenters. The fraction of sp³-hybridized carbons (Fsp3) is 0.714. The van der Waals surface area contributed by atoms with E-state index >= 15 is 0 Å². The molecule has 1 saturated carbocycles. The fourth-order valence-corrected chi connectivity index (χ4v) is 2.25. The minimum absolute atomic E-state index is 0.0621. The van der Waals surface area contributed by atoms with Gasteiger partial charge in [0.15, 0.2) is 6.04 Å². The molecule has 1 fully saturated rings. The molecule has 6 heteroatoms. The van der Waals surface area contributed by atoms with Crippen LogP contribution in [-0.4, -0.2) is 50.0 Å². The highest BCUT2D eigenvalue weighted by molar-refractivity contribution is 5.88. The molecule has 1 rings (SSSR count). The summed E-state index contributed by atoms with van der Waals surface area (Å²) in [6.45, 7) is 4.18. The molecule has 2 N–H and O–H groups in total. The maximum absolute atomic E-state index is 12.3. The highest BCUT2D eigenvalue weighted by atomic mass is 16.5. The second-order valence-corrected chi connectivity index (χ2v) is 5.07. The van der Waals surface area contributed by atoms with Crippen LogP contribution in [0.5, 0.6) is 0 Å². The Bertz CT molecular complexity index is 351. The number of carboxylic acids is 1. The lowest BCUT2D eigenvalue weighted by molar-refractivity contribution is -0.148. The van der Waals surface area contributed by atoms with Gasteiger partial charge in [0.2, 0.25) is 5.91 Å². The predicted molar refractivity (Wildman–Crippen MR) is 73.4 cm³/mol. The van der Waals surface area contributed by atoms with Crippen molar-refractivity contribution in [1.29, 1.82) is 0 Å². The van der Waals surface area contributed by atoms with Gasteiger partial charge in [0, 0.05) is 13.7 Å². The van der Waals surface area contributed by atoms with Crippen molar-refractivity contribution in [1.82, 2.24) is 5.32 Å². The van der Waals surface area contributed by atoms with Crippen LogP contribution in [0.1, 0.15) is 25.7 Å². The third-order valence-corrected chi connectivity index (χ3v) is 3.70. The lowest BCUT2D eigenvalue weighted by atomic mass is 9.66. The van der Waals surface area contributed by atoms with Gasteiger partial charge < -0.3 is 19.9 Å². The molecule has 1 unspecified atom stereocenters. The van der Waals surface area contributed by atoms with Crippen molar-refractivity contribution in [2.45, 2.75) is 31.7 Å². The van der Waals surface area contributed by atoms with Gasteiger partial charge >= 0.3 is 5.97 Å². The number of nitrogens with one attached hydrogen (secondary N) is 1. The second kappa shape index (κ2) is 8.01. The van der Waals surface area contributed by atoms with Crippen LogP contribution in [0.15, 0.2) is 12.7 Å². The number of ether oxygens (including phenoxy) is 2. The van der Waals surface area contributed by atoms with E-state index in [0.717, 1.165) is 19.3 Å². The quantitative estimate of drug-likeness (QED) is 0.461. The highest BCUT2D eigenvalue weighted by Gasteiger charge is 2.44. The van der Waals surface area contributed by atoms with Gasteiger partial charge in [0.05, 0.1) is 18.6 Å². The van der Waals surface area contributed by atoms with Crippen LogP contribution in [0.4, 0.5) is 0 Å². The van der Waals surface area contributed by atoms with Crippen molar-refractivity contribution in [2.75, 3.05) is 26.9 Å². The lowest BCUT2D eigenvalue weighted by Gasteiger charge is -2.40. The molecular formula is C14H23NO5. The first-order valence-electron chi connectivity index (χ1n) is 6.77. The number of carboxylic acid groups (broad SMARTS) is 1. The van der Waals surface area contributed by atoms with Crippen molar-refractivity contribution >= 4 is 11.9 Å². The minimum Gasteiger partial charge on any atom is -0.480 e. The molecule has 1 aliphatic rings. The van der Waals surface area contributed by atoms with Crippen LogP contribution in [0.3, 0.4) is 0 Å². The summed E-state index contributed by atoms with van der Waals surface area (Å²) in [5.41, 5.74) is -0.470. The molecule has 114 valence electrons. The molecule has 0 aromatic carbocycles. The summed E-state index contributed by atoms with van der Waals surface area (Å²) in [5, 5.41) is 11.7. The number of hydrogen-bond donors (Lipinski definition) is 2. The topological polar surface area (TPSA) is 84.9 Å². The summed E-state index contributed by atoms with van der Waals surface area (Å²) in [5.74, 6) is -1.31. The van der Waals surface area contributed by atoms with Gasteiger partial charge in [0.25, 0.3) is 0 Å². The van der Waals surface area contributed by atoms with Crippen LogP contribution in [0, 0.1) is 5.41 Å². The minimum atomic E-state index is -1.09. The molecule has 0 radical (unpaired) electrons. The van der Waals surface area contributed by atoms with E-state index in [4.69, 9.17) is 14.6 Å². The Hall–Kier alpha value is -1.40. The summed E-state index contributed by atoms with van der Waals surface area (Å²) in [6, 6.07) is -1.03. The fourth-order valence-electron chi connectivity index (χ4n) is 2.25. The Kier molecular flexibility index (Phi) is 6.67.